The van der Waals surface area contributed by atoms with Gasteiger partial charge in [0, 0.05) is 12.5 Å². The molecule has 1 unspecified atom stereocenters. The van der Waals surface area contributed by atoms with Crippen LogP contribution in [0.4, 0.5) is 0 Å². The summed E-state index contributed by atoms with van der Waals surface area (Å²) in [7, 11) is 1.71. The van der Waals surface area contributed by atoms with Gasteiger partial charge in [0.2, 0.25) is 0 Å². The summed E-state index contributed by atoms with van der Waals surface area (Å²) in [4.78, 5) is 0. The Morgan fingerprint density at radius 2 is 1.85 bits per heavy atom. The lowest BCUT2D eigenvalue weighted by molar-refractivity contribution is 0.00407. The van der Waals surface area contributed by atoms with E-state index in [0.29, 0.717) is 0 Å². The summed E-state index contributed by atoms with van der Waals surface area (Å²) < 4.78 is 5.31. The Morgan fingerprint density at radius 3 is 2.15 bits per heavy atom. The highest BCUT2D eigenvalue weighted by Gasteiger charge is 2.24. The third-order valence-electron chi connectivity index (χ3n) is 2.70. The Hall–Kier alpha value is -0.340. The largest absolute Gasteiger partial charge is 0.395 e. The van der Waals surface area contributed by atoms with E-state index in [1.54, 1.807) is 7.11 Å². The van der Waals surface area contributed by atoms with Gasteiger partial charge in [-0.1, -0.05) is 13.0 Å². The molecule has 2 nitrogen and oxygen atoms in total. The second-order valence-corrected chi connectivity index (χ2v) is 4.48. The van der Waals surface area contributed by atoms with Gasteiger partial charge in [-0.15, -0.1) is 6.58 Å². The van der Waals surface area contributed by atoms with E-state index in [9.17, 15) is 0 Å². The number of aliphatic hydroxyl groups excluding tert-OH is 1. The van der Waals surface area contributed by atoms with Crippen molar-refractivity contribution in [1.82, 2.24) is 0 Å². The van der Waals surface area contributed by atoms with Crippen LogP contribution in [0.1, 0.15) is 33.6 Å². The molecule has 0 saturated carbocycles. The summed E-state index contributed by atoms with van der Waals surface area (Å²) in [5.41, 5.74) is -0.282. The lowest BCUT2D eigenvalue weighted by Crippen LogP contribution is -2.27. The first-order valence-corrected chi connectivity index (χ1v) is 4.69. The fourth-order valence-electron chi connectivity index (χ4n) is 0.934. The zero-order valence-corrected chi connectivity index (χ0v) is 9.26. The molecule has 0 aliphatic heterocycles. The molecule has 0 aromatic rings. The molecule has 0 fully saturated rings. The Bertz CT molecular complexity index is 163. The number of aliphatic hydroxyl groups is 1. The molecule has 0 spiro atoms. The number of ether oxygens (including phenoxy) is 1. The van der Waals surface area contributed by atoms with Gasteiger partial charge in [0.05, 0.1) is 12.2 Å². The first-order valence-electron chi connectivity index (χ1n) is 4.69. The average molecular weight is 186 g/mol. The first kappa shape index (κ1) is 12.7. The van der Waals surface area contributed by atoms with Crippen LogP contribution in [0, 0.1) is 5.41 Å². The van der Waals surface area contributed by atoms with Gasteiger partial charge in [-0.2, -0.15) is 0 Å². The third-order valence-corrected chi connectivity index (χ3v) is 2.70. The number of hydrogen-bond donors (Lipinski definition) is 1. The summed E-state index contributed by atoms with van der Waals surface area (Å²) in [5, 5.41) is 9.14. The van der Waals surface area contributed by atoms with E-state index < -0.39 is 0 Å². The molecule has 0 aromatic carbocycles. The van der Waals surface area contributed by atoms with E-state index in [4.69, 9.17) is 9.84 Å². The van der Waals surface area contributed by atoms with E-state index in [1.165, 1.54) is 0 Å². The standard InChI is InChI=1S/C11H22O2/c1-6-11(4,9-12)8-7-10(2,3)13-5/h6,12H,1,7-9H2,2-5H3. The lowest BCUT2D eigenvalue weighted by atomic mass is 9.83. The van der Waals surface area contributed by atoms with Crippen molar-refractivity contribution in [3.05, 3.63) is 12.7 Å². The molecule has 0 amide bonds. The highest BCUT2D eigenvalue weighted by Crippen LogP contribution is 2.28. The number of methoxy groups -OCH3 is 1. The van der Waals surface area contributed by atoms with Gasteiger partial charge in [0.15, 0.2) is 0 Å². The minimum Gasteiger partial charge on any atom is -0.395 e. The van der Waals surface area contributed by atoms with E-state index in [-0.39, 0.29) is 17.6 Å². The number of hydrogen-bond acceptors (Lipinski definition) is 2. The average Bonchev–Trinajstić information content (AvgIpc) is 2.14. The van der Waals surface area contributed by atoms with Gasteiger partial charge >= 0.3 is 0 Å². The van der Waals surface area contributed by atoms with Crippen molar-refractivity contribution in [3.63, 3.8) is 0 Å². The second kappa shape index (κ2) is 4.77. The third kappa shape index (κ3) is 4.44. The molecule has 0 rings (SSSR count). The maximum atomic E-state index is 9.14. The van der Waals surface area contributed by atoms with Crippen molar-refractivity contribution in [1.29, 1.82) is 0 Å². The zero-order chi connectivity index (χ0) is 10.5. The summed E-state index contributed by atoms with van der Waals surface area (Å²) >= 11 is 0. The molecule has 0 radical (unpaired) electrons. The van der Waals surface area contributed by atoms with Gasteiger partial charge < -0.3 is 9.84 Å². The highest BCUT2D eigenvalue weighted by atomic mass is 16.5. The van der Waals surface area contributed by atoms with Crippen molar-refractivity contribution in [2.45, 2.75) is 39.2 Å². The van der Waals surface area contributed by atoms with Crippen molar-refractivity contribution in [2.24, 2.45) is 5.41 Å². The second-order valence-electron chi connectivity index (χ2n) is 4.48. The number of rotatable bonds is 6. The fraction of sp³-hybridized carbons (Fsp3) is 0.818. The van der Waals surface area contributed by atoms with E-state index in [2.05, 4.69) is 6.58 Å². The van der Waals surface area contributed by atoms with E-state index in [1.807, 2.05) is 26.8 Å². The Kier molecular flexibility index (Phi) is 4.65. The van der Waals surface area contributed by atoms with Crippen molar-refractivity contribution in [2.75, 3.05) is 13.7 Å². The quantitative estimate of drug-likeness (QED) is 0.645. The van der Waals surface area contributed by atoms with Crippen LogP contribution >= 0.6 is 0 Å². The van der Waals surface area contributed by atoms with Crippen LogP contribution < -0.4 is 0 Å². The SMILES string of the molecule is C=CC(C)(CO)CCC(C)(C)OC. The summed E-state index contributed by atoms with van der Waals surface area (Å²) in [6, 6.07) is 0. The molecule has 1 atom stereocenters. The predicted octanol–water partition coefficient (Wildman–Crippen LogP) is 2.38. The van der Waals surface area contributed by atoms with Gasteiger partial charge in [0.1, 0.15) is 0 Å². The fourth-order valence-corrected chi connectivity index (χ4v) is 0.934. The molecule has 0 aromatic heterocycles. The molecule has 0 saturated heterocycles. The van der Waals surface area contributed by atoms with Crippen LogP contribution in [0.15, 0.2) is 12.7 Å². The molecule has 0 aliphatic carbocycles. The summed E-state index contributed by atoms with van der Waals surface area (Å²) in [6.07, 6.45) is 3.64. The van der Waals surface area contributed by atoms with Crippen molar-refractivity contribution >= 4 is 0 Å². The molecule has 0 heterocycles. The molecule has 0 bridgehead atoms. The van der Waals surface area contributed by atoms with Crippen LogP contribution in [-0.4, -0.2) is 24.4 Å². The van der Waals surface area contributed by atoms with Crippen molar-refractivity contribution < 1.29 is 9.84 Å². The zero-order valence-electron chi connectivity index (χ0n) is 9.26. The van der Waals surface area contributed by atoms with Crippen molar-refractivity contribution in [3.8, 4) is 0 Å². The van der Waals surface area contributed by atoms with Crippen LogP contribution in [0.5, 0.6) is 0 Å². The monoisotopic (exact) mass is 186 g/mol. The smallest absolute Gasteiger partial charge is 0.0623 e. The van der Waals surface area contributed by atoms with Gasteiger partial charge in [-0.3, -0.25) is 0 Å². The molecule has 2 heteroatoms. The van der Waals surface area contributed by atoms with Gasteiger partial charge in [0.25, 0.3) is 0 Å². The maximum Gasteiger partial charge on any atom is 0.0623 e. The Morgan fingerprint density at radius 1 is 1.31 bits per heavy atom. The normalized spacial score (nSPS) is 16.7. The minimum atomic E-state index is -0.171. The molecule has 1 N–H and O–H groups in total. The van der Waals surface area contributed by atoms with Crippen LogP contribution in [0.2, 0.25) is 0 Å². The lowest BCUT2D eigenvalue weighted by Gasteiger charge is -2.29. The first-order chi connectivity index (χ1) is 5.89. The van der Waals surface area contributed by atoms with Crippen LogP contribution in [0.3, 0.4) is 0 Å². The topological polar surface area (TPSA) is 29.5 Å². The van der Waals surface area contributed by atoms with Crippen LogP contribution in [-0.2, 0) is 4.74 Å². The van der Waals surface area contributed by atoms with Crippen LogP contribution in [0.25, 0.3) is 0 Å². The Labute approximate surface area is 81.6 Å². The minimum absolute atomic E-state index is 0.112. The summed E-state index contributed by atoms with van der Waals surface area (Å²) in [6.45, 7) is 9.98. The summed E-state index contributed by atoms with van der Waals surface area (Å²) in [5.74, 6) is 0. The van der Waals surface area contributed by atoms with E-state index in [0.717, 1.165) is 12.8 Å². The molecule has 0 aliphatic rings. The predicted molar refractivity (Wildman–Crippen MR) is 55.7 cm³/mol. The maximum absolute atomic E-state index is 9.14. The molecule has 13 heavy (non-hydrogen) atoms. The molecular formula is C11H22O2. The van der Waals surface area contributed by atoms with Gasteiger partial charge in [-0.05, 0) is 26.7 Å². The Balaban J connectivity index is 4.06. The highest BCUT2D eigenvalue weighted by molar-refractivity contribution is 4.92. The van der Waals surface area contributed by atoms with E-state index >= 15 is 0 Å². The molecular weight excluding hydrogens is 164 g/mol. The van der Waals surface area contributed by atoms with Gasteiger partial charge in [-0.25, -0.2) is 0 Å². The molecule has 78 valence electrons.